The molecule has 1 aliphatic rings. The van der Waals surface area contributed by atoms with Gasteiger partial charge in [-0.15, -0.1) is 0 Å². The van der Waals surface area contributed by atoms with E-state index in [4.69, 9.17) is 53.6 Å². The van der Waals surface area contributed by atoms with E-state index >= 15 is 0 Å². The Morgan fingerprint density at radius 1 is 0.919 bits per heavy atom. The lowest BCUT2D eigenvalue weighted by Gasteiger charge is -2.26. The van der Waals surface area contributed by atoms with Gasteiger partial charge in [-0.3, -0.25) is 25.6 Å². The molecule has 0 aliphatic carbocycles. The minimum Gasteiger partial charge on any atom is -0.480 e. The summed E-state index contributed by atoms with van der Waals surface area (Å²) in [5, 5.41) is 21.5. The molecule has 1 fully saturated rings. The Morgan fingerprint density at radius 2 is 1.49 bits per heavy atom. The molecule has 2 atom stereocenters. The van der Waals surface area contributed by atoms with Gasteiger partial charge in [-0.2, -0.15) is 0 Å². The molecule has 0 bridgehead atoms. The van der Waals surface area contributed by atoms with Crippen LogP contribution in [0.1, 0.15) is 11.5 Å². The number of H-pyrrole nitrogens is 2. The number of carboxylic acids is 1. The number of aromatic nitrogens is 3. The average molecular weight is 576 g/mol. The number of hydrazine groups is 1. The van der Waals surface area contributed by atoms with E-state index < -0.39 is 24.0 Å². The van der Waals surface area contributed by atoms with E-state index in [1.54, 1.807) is 47.0 Å². The lowest BCUT2D eigenvalue weighted by atomic mass is 9.99. The van der Waals surface area contributed by atoms with Crippen molar-refractivity contribution in [1.29, 1.82) is 0 Å². The van der Waals surface area contributed by atoms with E-state index in [-0.39, 0.29) is 5.92 Å². The zero-order valence-corrected chi connectivity index (χ0v) is 22.4. The van der Waals surface area contributed by atoms with Crippen LogP contribution >= 0.6 is 48.9 Å². The van der Waals surface area contributed by atoms with Crippen LogP contribution in [0.25, 0.3) is 5.69 Å². The minimum atomic E-state index is -1.41. The molecule has 15 heteroatoms. The van der Waals surface area contributed by atoms with Crippen molar-refractivity contribution in [2.24, 2.45) is 0 Å². The maximum Gasteiger partial charge on any atom is 0.331 e. The van der Waals surface area contributed by atoms with E-state index in [0.717, 1.165) is 5.56 Å². The van der Waals surface area contributed by atoms with Crippen molar-refractivity contribution in [2.75, 3.05) is 17.7 Å². The summed E-state index contributed by atoms with van der Waals surface area (Å²) in [7, 11) is 1.19. The first-order chi connectivity index (χ1) is 17.7. The van der Waals surface area contributed by atoms with Gasteiger partial charge in [-0.05, 0) is 60.3 Å². The molecule has 0 spiro atoms. The summed E-state index contributed by atoms with van der Waals surface area (Å²) in [5.74, 6) is -2.38. The van der Waals surface area contributed by atoms with Crippen LogP contribution in [0.4, 0.5) is 11.4 Å². The first-order valence-electron chi connectivity index (χ1n) is 10.7. The summed E-state index contributed by atoms with van der Waals surface area (Å²) >= 11 is 21.2. The molecule has 1 aliphatic heterocycles. The molecule has 0 amide bonds. The fraction of sp³-hybridized carbons (Fsp3) is 0.182. The topological polar surface area (TPSA) is 148 Å². The molecular weight excluding hydrogens is 555 g/mol. The second-order valence-electron chi connectivity index (χ2n) is 7.89. The number of anilines is 2. The highest BCUT2D eigenvalue weighted by atomic mass is 32.1. The Labute approximate surface area is 231 Å². The fourth-order valence-electron chi connectivity index (χ4n) is 3.83. The van der Waals surface area contributed by atoms with Gasteiger partial charge in [0.15, 0.2) is 21.6 Å². The number of hydrogen-bond acceptors (Lipinski definition) is 9. The number of nitrogens with zero attached hydrogens (tertiary/aromatic N) is 1. The number of methoxy groups -OCH3 is 1. The third-order valence-corrected chi connectivity index (χ3v) is 6.78. The van der Waals surface area contributed by atoms with Crippen molar-refractivity contribution in [3.05, 3.63) is 63.6 Å². The van der Waals surface area contributed by atoms with Crippen molar-refractivity contribution < 1.29 is 19.4 Å². The standard InChI is InChI=1S/C22H21N7O4S4/c1-33-20(32)16(24-11-5-2-4-10(8-11)14-17(34)25-26-18(14)35)15(19(30)31)23-12-6-3-7-13(9-12)29-21(36)27-28-22(29)37/h2-9,14-16,23-24H,1H3,(H,25,34)(H,26,35)(H,27,36)(H,28,37)(H,30,31). The van der Waals surface area contributed by atoms with Gasteiger partial charge in [0.1, 0.15) is 9.98 Å². The first kappa shape index (κ1) is 26.4. The molecule has 2 heterocycles. The summed E-state index contributed by atoms with van der Waals surface area (Å²) in [6, 6.07) is 11.2. The molecule has 0 saturated carbocycles. The molecule has 1 aromatic heterocycles. The van der Waals surface area contributed by atoms with Crippen LogP contribution in [0.2, 0.25) is 0 Å². The van der Waals surface area contributed by atoms with Gasteiger partial charge in [0, 0.05) is 11.4 Å². The molecule has 2 aromatic carbocycles. The van der Waals surface area contributed by atoms with Crippen LogP contribution in [0.15, 0.2) is 48.5 Å². The summed E-state index contributed by atoms with van der Waals surface area (Å²) in [4.78, 5) is 26.1. The van der Waals surface area contributed by atoms with Crippen LogP contribution in [-0.2, 0) is 14.3 Å². The number of carbonyl (C=O) groups is 2. The van der Waals surface area contributed by atoms with Gasteiger partial charge in [0.2, 0.25) is 0 Å². The fourth-order valence-corrected chi connectivity index (χ4v) is 5.07. The Kier molecular flexibility index (Phi) is 7.97. The molecule has 3 aromatic rings. The Morgan fingerprint density at radius 3 is 2.08 bits per heavy atom. The van der Waals surface area contributed by atoms with Crippen molar-refractivity contribution in [2.45, 2.75) is 18.0 Å². The predicted molar refractivity (Wildman–Crippen MR) is 151 cm³/mol. The number of carboxylic acid groups (broad SMARTS) is 1. The number of aromatic amines is 2. The highest BCUT2D eigenvalue weighted by Crippen LogP contribution is 2.25. The number of thiocarbonyl (C=S) groups is 2. The number of benzene rings is 2. The second-order valence-corrected chi connectivity index (χ2v) is 9.54. The Bertz CT molecular complexity index is 1450. The quantitative estimate of drug-likeness (QED) is 0.149. The maximum absolute atomic E-state index is 12.8. The summed E-state index contributed by atoms with van der Waals surface area (Å²) in [5.41, 5.74) is 7.93. The molecule has 11 nitrogen and oxygen atoms in total. The van der Waals surface area contributed by atoms with Gasteiger partial charge >= 0.3 is 11.9 Å². The van der Waals surface area contributed by atoms with E-state index in [1.165, 1.54) is 7.11 Å². The predicted octanol–water partition coefficient (Wildman–Crippen LogP) is 2.96. The number of carbonyl (C=O) groups excluding carboxylic acids is 1. The van der Waals surface area contributed by atoms with Crippen LogP contribution in [0.3, 0.4) is 0 Å². The molecule has 7 N–H and O–H groups in total. The molecule has 192 valence electrons. The van der Waals surface area contributed by atoms with Gasteiger partial charge in [0.25, 0.3) is 0 Å². The summed E-state index contributed by atoms with van der Waals surface area (Å²) in [6.45, 7) is 0. The largest absolute Gasteiger partial charge is 0.480 e. The zero-order chi connectivity index (χ0) is 26.7. The number of hydrogen-bond donors (Lipinski definition) is 7. The number of ether oxygens (including phenoxy) is 1. The highest BCUT2D eigenvalue weighted by Gasteiger charge is 2.35. The van der Waals surface area contributed by atoms with Gasteiger partial charge in [-0.1, -0.05) is 42.6 Å². The van der Waals surface area contributed by atoms with Crippen LogP contribution in [0, 0.1) is 9.54 Å². The number of esters is 1. The van der Waals surface area contributed by atoms with E-state index in [2.05, 4.69) is 31.7 Å². The third kappa shape index (κ3) is 5.69. The van der Waals surface area contributed by atoms with Crippen molar-refractivity contribution in [3.8, 4) is 5.69 Å². The van der Waals surface area contributed by atoms with Crippen LogP contribution < -0.4 is 21.5 Å². The first-order valence-corrected chi connectivity index (χ1v) is 12.4. The molecule has 4 rings (SSSR count). The smallest absolute Gasteiger partial charge is 0.331 e. The Hall–Kier alpha value is -3.66. The van der Waals surface area contributed by atoms with E-state index in [1.807, 2.05) is 6.07 Å². The lowest BCUT2D eigenvalue weighted by molar-refractivity contribution is -0.147. The zero-order valence-electron chi connectivity index (χ0n) is 19.1. The van der Waals surface area contributed by atoms with Crippen molar-refractivity contribution in [1.82, 2.24) is 25.6 Å². The maximum atomic E-state index is 12.8. The van der Waals surface area contributed by atoms with Gasteiger partial charge < -0.3 is 20.5 Å². The SMILES string of the molecule is COC(=O)C(Nc1cccc(C2C(=S)NNC2=S)c1)C(Nc1cccc(-n2c(=S)[nH][nH]c2=S)c1)C(=O)O. The monoisotopic (exact) mass is 575 g/mol. The van der Waals surface area contributed by atoms with Crippen LogP contribution in [-0.4, -0.2) is 61.0 Å². The molecule has 1 saturated heterocycles. The van der Waals surface area contributed by atoms with E-state index in [0.29, 0.717) is 36.6 Å². The molecule has 0 radical (unpaired) electrons. The summed E-state index contributed by atoms with van der Waals surface area (Å²) < 4.78 is 7.19. The highest BCUT2D eigenvalue weighted by molar-refractivity contribution is 7.82. The molecular formula is C22H21N7O4S4. The molecule has 37 heavy (non-hydrogen) atoms. The van der Waals surface area contributed by atoms with Crippen molar-refractivity contribution >= 4 is 82.2 Å². The summed E-state index contributed by atoms with van der Waals surface area (Å²) in [6.07, 6.45) is 0. The minimum absolute atomic E-state index is 0.341. The molecule has 2 unspecified atom stereocenters. The lowest BCUT2D eigenvalue weighted by Crippen LogP contribution is -2.50. The van der Waals surface area contributed by atoms with Crippen molar-refractivity contribution in [3.63, 3.8) is 0 Å². The average Bonchev–Trinajstić information content (AvgIpc) is 3.40. The number of aliphatic carboxylic acids is 1. The third-order valence-electron chi connectivity index (χ3n) is 5.54. The normalized spacial score (nSPS) is 14.8. The number of nitrogens with one attached hydrogen (secondary N) is 6. The van der Waals surface area contributed by atoms with Gasteiger partial charge in [0.05, 0.1) is 18.7 Å². The van der Waals surface area contributed by atoms with Gasteiger partial charge in [-0.25, -0.2) is 9.59 Å². The Balaban J connectivity index is 1.64. The van der Waals surface area contributed by atoms with E-state index in [9.17, 15) is 14.7 Å². The van der Waals surface area contributed by atoms with Crippen LogP contribution in [0.5, 0.6) is 0 Å². The second kappa shape index (κ2) is 11.2. The number of rotatable bonds is 9.